The Morgan fingerprint density at radius 2 is 1.92 bits per heavy atom. The molecule has 3 rings (SSSR count). The molecule has 7 heteroatoms. The molecule has 1 aromatic heterocycles. The second kappa shape index (κ2) is 6.02. The van der Waals surface area contributed by atoms with Gasteiger partial charge < -0.3 is 14.5 Å². The van der Waals surface area contributed by atoms with Gasteiger partial charge in [0.15, 0.2) is 0 Å². The number of likely N-dealkylation sites (tertiary alicyclic amines) is 1. The fourth-order valence-electron chi connectivity index (χ4n) is 3.39. The van der Waals surface area contributed by atoms with E-state index in [0.717, 1.165) is 0 Å². The maximum atomic E-state index is 12.5. The van der Waals surface area contributed by atoms with Gasteiger partial charge in [-0.05, 0) is 48.8 Å². The maximum absolute atomic E-state index is 12.5. The average molecular weight is 396 g/mol. The first-order valence-electron chi connectivity index (χ1n) is 8.04. The van der Waals surface area contributed by atoms with E-state index in [1.807, 2.05) is 27.8 Å². The lowest BCUT2D eigenvalue weighted by molar-refractivity contribution is 0.0260. The molecule has 0 spiro atoms. The maximum Gasteiger partial charge on any atom is 0.410 e. The van der Waals surface area contributed by atoms with Gasteiger partial charge >= 0.3 is 6.09 Å². The number of pyridine rings is 1. The van der Waals surface area contributed by atoms with Crippen molar-refractivity contribution < 1.29 is 14.3 Å². The van der Waals surface area contributed by atoms with E-state index >= 15 is 0 Å². The second-order valence-corrected chi connectivity index (χ2v) is 8.30. The lowest BCUT2D eigenvalue weighted by Gasteiger charge is -2.27. The van der Waals surface area contributed by atoms with Gasteiger partial charge in [-0.2, -0.15) is 0 Å². The van der Waals surface area contributed by atoms with Crippen molar-refractivity contribution in [1.82, 2.24) is 14.8 Å². The first kappa shape index (κ1) is 17.2. The van der Waals surface area contributed by atoms with Crippen molar-refractivity contribution >= 4 is 27.9 Å². The van der Waals surface area contributed by atoms with Gasteiger partial charge in [0.25, 0.3) is 5.91 Å². The molecule has 1 saturated heterocycles. The van der Waals surface area contributed by atoms with Crippen molar-refractivity contribution in [1.29, 1.82) is 0 Å². The highest BCUT2D eigenvalue weighted by molar-refractivity contribution is 9.10. The summed E-state index contributed by atoms with van der Waals surface area (Å²) in [5.74, 6) is 0.656. The van der Waals surface area contributed by atoms with Gasteiger partial charge in [-0.1, -0.05) is 0 Å². The molecule has 1 aromatic rings. The number of amides is 2. The molecule has 1 unspecified atom stereocenters. The number of rotatable bonds is 2. The number of carbonyl (C=O) groups excluding carboxylic acids is 2. The van der Waals surface area contributed by atoms with E-state index in [4.69, 9.17) is 4.74 Å². The molecule has 2 fully saturated rings. The Hall–Kier alpha value is -1.63. The van der Waals surface area contributed by atoms with Gasteiger partial charge in [0, 0.05) is 44.2 Å². The van der Waals surface area contributed by atoms with Crippen LogP contribution in [-0.2, 0) is 4.74 Å². The number of halogens is 1. The minimum Gasteiger partial charge on any atom is -0.444 e. The Morgan fingerprint density at radius 3 is 2.42 bits per heavy atom. The van der Waals surface area contributed by atoms with Crippen LogP contribution in [0.2, 0.25) is 0 Å². The molecule has 3 atom stereocenters. The number of nitrogens with zero attached hydrogens (tertiary/aromatic N) is 3. The molecule has 6 nitrogen and oxygen atoms in total. The summed E-state index contributed by atoms with van der Waals surface area (Å²) in [6.45, 7) is 6.90. The molecule has 0 radical (unpaired) electrons. The first-order chi connectivity index (χ1) is 11.2. The van der Waals surface area contributed by atoms with Crippen LogP contribution in [0.1, 0.15) is 31.1 Å². The summed E-state index contributed by atoms with van der Waals surface area (Å²) < 4.78 is 6.11. The minimum absolute atomic E-state index is 0.0294. The number of hydrogen-bond donors (Lipinski definition) is 0. The Labute approximate surface area is 150 Å². The quantitative estimate of drug-likeness (QED) is 0.722. The van der Waals surface area contributed by atoms with Crippen LogP contribution in [-0.4, -0.2) is 58.6 Å². The molecule has 1 aliphatic heterocycles. The summed E-state index contributed by atoms with van der Waals surface area (Å²) in [5.41, 5.74) is 0.0969. The number of aromatic nitrogens is 1. The van der Waals surface area contributed by atoms with Crippen LogP contribution in [0.15, 0.2) is 22.9 Å². The molecule has 130 valence electrons. The third-order valence-corrected chi connectivity index (χ3v) is 5.01. The normalized spacial score (nSPS) is 25.2. The first-order valence-corrected chi connectivity index (χ1v) is 8.83. The topological polar surface area (TPSA) is 62.7 Å². The summed E-state index contributed by atoms with van der Waals surface area (Å²) in [6, 6.07) is 3.72. The zero-order valence-corrected chi connectivity index (χ0v) is 15.9. The Balaban J connectivity index is 1.56. The van der Waals surface area contributed by atoms with E-state index < -0.39 is 5.60 Å². The van der Waals surface area contributed by atoms with Crippen LogP contribution in [0.3, 0.4) is 0 Å². The summed E-state index contributed by atoms with van der Waals surface area (Å²) in [7, 11) is 1.82. The van der Waals surface area contributed by atoms with Gasteiger partial charge in [-0.15, -0.1) is 0 Å². The zero-order valence-electron chi connectivity index (χ0n) is 14.3. The van der Waals surface area contributed by atoms with E-state index in [1.165, 1.54) is 0 Å². The predicted molar refractivity (Wildman–Crippen MR) is 92.6 cm³/mol. The Kier molecular flexibility index (Phi) is 4.32. The number of ether oxygens (including phenoxy) is 1. The Morgan fingerprint density at radius 1 is 1.29 bits per heavy atom. The highest BCUT2D eigenvalue weighted by Gasteiger charge is 2.60. The van der Waals surface area contributed by atoms with Crippen molar-refractivity contribution in [3.63, 3.8) is 0 Å². The third kappa shape index (κ3) is 3.41. The van der Waals surface area contributed by atoms with Gasteiger partial charge in [-0.3, -0.25) is 4.79 Å². The monoisotopic (exact) mass is 395 g/mol. The molecule has 24 heavy (non-hydrogen) atoms. The highest BCUT2D eigenvalue weighted by Crippen LogP contribution is 2.49. The van der Waals surface area contributed by atoms with Crippen molar-refractivity contribution in [2.45, 2.75) is 32.4 Å². The SMILES string of the molecule is CN(C(=O)c1ccc(Br)nc1)C1[C@H]2CN(C(=O)OC(C)(C)C)C[C@@H]12. The molecule has 0 N–H and O–H groups in total. The summed E-state index contributed by atoms with van der Waals surface area (Å²) in [5, 5.41) is 0. The summed E-state index contributed by atoms with van der Waals surface area (Å²) in [4.78, 5) is 32.3. The summed E-state index contributed by atoms with van der Waals surface area (Å²) in [6.07, 6.45) is 1.31. The van der Waals surface area contributed by atoms with E-state index in [1.54, 1.807) is 28.1 Å². The van der Waals surface area contributed by atoms with Crippen molar-refractivity contribution in [2.75, 3.05) is 20.1 Å². The van der Waals surface area contributed by atoms with Crippen molar-refractivity contribution in [3.8, 4) is 0 Å². The van der Waals surface area contributed by atoms with E-state index in [2.05, 4.69) is 20.9 Å². The Bertz CT molecular complexity index is 644. The van der Waals surface area contributed by atoms with Crippen LogP contribution in [0, 0.1) is 11.8 Å². The number of carbonyl (C=O) groups is 2. The lowest BCUT2D eigenvalue weighted by atomic mass is 10.2. The van der Waals surface area contributed by atoms with E-state index in [-0.39, 0.29) is 18.0 Å². The van der Waals surface area contributed by atoms with Crippen molar-refractivity contribution in [3.05, 3.63) is 28.5 Å². The molecular weight excluding hydrogens is 374 g/mol. The number of piperidine rings is 1. The molecule has 2 amide bonds. The number of fused-ring (bicyclic) bond motifs is 1. The van der Waals surface area contributed by atoms with E-state index in [9.17, 15) is 9.59 Å². The lowest BCUT2D eigenvalue weighted by Crippen LogP contribution is -2.40. The van der Waals surface area contributed by atoms with Gasteiger partial charge in [0.05, 0.1) is 5.56 Å². The molecule has 1 saturated carbocycles. The van der Waals surface area contributed by atoms with Gasteiger partial charge in [0.1, 0.15) is 10.2 Å². The molecule has 0 aromatic carbocycles. The predicted octanol–water partition coefficient (Wildman–Crippen LogP) is 2.78. The minimum atomic E-state index is -0.482. The number of hydrogen-bond acceptors (Lipinski definition) is 4. The average Bonchev–Trinajstić information content (AvgIpc) is 2.98. The molecule has 2 heterocycles. The standard InChI is InChI=1S/C17H22BrN3O3/c1-17(2,3)24-16(23)21-8-11-12(9-21)14(11)20(4)15(22)10-5-6-13(18)19-7-10/h5-7,11-12,14H,8-9H2,1-4H3/t11-,12+,14?. The zero-order chi connectivity index (χ0) is 17.6. The van der Waals surface area contributed by atoms with Crippen LogP contribution in [0.4, 0.5) is 4.79 Å². The van der Waals surface area contributed by atoms with Crippen LogP contribution in [0.25, 0.3) is 0 Å². The molecule has 1 aliphatic carbocycles. The van der Waals surface area contributed by atoms with Crippen LogP contribution in [0.5, 0.6) is 0 Å². The third-order valence-electron chi connectivity index (χ3n) is 4.54. The fourth-order valence-corrected chi connectivity index (χ4v) is 3.62. The largest absolute Gasteiger partial charge is 0.444 e. The molecule has 0 bridgehead atoms. The smallest absolute Gasteiger partial charge is 0.410 e. The van der Waals surface area contributed by atoms with E-state index in [0.29, 0.717) is 35.1 Å². The second-order valence-electron chi connectivity index (χ2n) is 7.49. The van der Waals surface area contributed by atoms with Crippen molar-refractivity contribution in [2.24, 2.45) is 11.8 Å². The molecular formula is C17H22BrN3O3. The van der Waals surface area contributed by atoms with Crippen LogP contribution < -0.4 is 0 Å². The van der Waals surface area contributed by atoms with Gasteiger partial charge in [0.2, 0.25) is 0 Å². The highest BCUT2D eigenvalue weighted by atomic mass is 79.9. The summed E-state index contributed by atoms with van der Waals surface area (Å²) >= 11 is 3.27. The fraction of sp³-hybridized carbons (Fsp3) is 0.588. The van der Waals surface area contributed by atoms with Crippen LogP contribution >= 0.6 is 15.9 Å². The van der Waals surface area contributed by atoms with Gasteiger partial charge in [-0.25, -0.2) is 9.78 Å². The molecule has 2 aliphatic rings.